The molecule has 3 aromatic carbocycles. The van der Waals surface area contributed by atoms with Crippen LogP contribution in [0, 0.1) is 6.92 Å². The van der Waals surface area contributed by atoms with Gasteiger partial charge in [0.05, 0.1) is 23.2 Å². The Morgan fingerprint density at radius 3 is 2.56 bits per heavy atom. The van der Waals surface area contributed by atoms with E-state index in [1.165, 1.54) is 11.8 Å². The van der Waals surface area contributed by atoms with Crippen LogP contribution < -0.4 is 16.2 Å². The molecule has 0 aliphatic heterocycles. The molecule has 2 N–H and O–H groups in total. The summed E-state index contributed by atoms with van der Waals surface area (Å²) in [6.07, 6.45) is 2.07. The fourth-order valence-electron chi connectivity index (χ4n) is 3.89. The normalized spacial score (nSPS) is 12.9. The number of aryl methyl sites for hydroxylation is 1. The molecule has 0 unspecified atom stereocenters. The van der Waals surface area contributed by atoms with E-state index in [1.807, 2.05) is 55.5 Å². The van der Waals surface area contributed by atoms with Gasteiger partial charge < -0.3 is 10.6 Å². The second-order valence-corrected chi connectivity index (χ2v) is 9.90. The summed E-state index contributed by atoms with van der Waals surface area (Å²) in [7, 11) is 0. The van der Waals surface area contributed by atoms with Gasteiger partial charge in [-0.15, -0.1) is 0 Å². The first kappa shape index (κ1) is 23.8. The van der Waals surface area contributed by atoms with Gasteiger partial charge in [0.15, 0.2) is 5.16 Å². The molecule has 1 fully saturated rings. The van der Waals surface area contributed by atoms with Crippen LogP contribution in [-0.4, -0.2) is 33.2 Å². The largest absolute Gasteiger partial charge is 0.349 e. The number of amides is 2. The van der Waals surface area contributed by atoms with Crippen LogP contribution in [-0.2, 0) is 11.3 Å². The summed E-state index contributed by atoms with van der Waals surface area (Å²) in [5, 5.41) is 6.86. The molecule has 0 atom stereocenters. The first-order chi connectivity index (χ1) is 17.5. The molecule has 2 amide bonds. The highest BCUT2D eigenvalue weighted by molar-refractivity contribution is 7.99. The molecule has 5 rings (SSSR count). The highest BCUT2D eigenvalue weighted by Gasteiger charge is 2.23. The Labute approximate surface area is 212 Å². The molecule has 1 saturated carbocycles. The number of aromatic nitrogens is 2. The van der Waals surface area contributed by atoms with Crippen molar-refractivity contribution in [3.8, 4) is 0 Å². The third-order valence-corrected chi connectivity index (χ3v) is 6.91. The zero-order valence-electron chi connectivity index (χ0n) is 19.9. The van der Waals surface area contributed by atoms with E-state index < -0.39 is 0 Å². The van der Waals surface area contributed by atoms with Gasteiger partial charge in [0, 0.05) is 17.3 Å². The number of nitrogens with zero attached hydrogens (tertiary/aromatic N) is 2. The molecule has 7 nitrogen and oxygen atoms in total. The van der Waals surface area contributed by atoms with Crippen LogP contribution in [0.25, 0.3) is 10.9 Å². The Morgan fingerprint density at radius 2 is 1.81 bits per heavy atom. The highest BCUT2D eigenvalue weighted by atomic mass is 32.2. The van der Waals surface area contributed by atoms with E-state index in [0.717, 1.165) is 29.7 Å². The average Bonchev–Trinajstić information content (AvgIpc) is 3.69. The molecule has 1 heterocycles. The zero-order chi connectivity index (χ0) is 25.1. The molecule has 1 aliphatic carbocycles. The minimum Gasteiger partial charge on any atom is -0.349 e. The molecule has 4 aromatic rings. The number of carbonyl (C=O) groups is 2. The number of hydrogen-bond donors (Lipinski definition) is 2. The van der Waals surface area contributed by atoms with Crippen molar-refractivity contribution in [3.05, 3.63) is 99.8 Å². The summed E-state index contributed by atoms with van der Waals surface area (Å²) in [5.74, 6) is -0.144. The summed E-state index contributed by atoms with van der Waals surface area (Å²) >= 11 is 1.22. The van der Waals surface area contributed by atoms with Gasteiger partial charge in [0.25, 0.3) is 11.5 Å². The van der Waals surface area contributed by atoms with Crippen LogP contribution in [0.15, 0.2) is 82.7 Å². The van der Waals surface area contributed by atoms with E-state index in [2.05, 4.69) is 10.6 Å². The van der Waals surface area contributed by atoms with Gasteiger partial charge >= 0.3 is 0 Å². The summed E-state index contributed by atoms with van der Waals surface area (Å²) in [6.45, 7) is 2.25. The van der Waals surface area contributed by atoms with E-state index in [1.54, 1.807) is 28.8 Å². The maximum Gasteiger partial charge on any atom is 0.262 e. The number of carbonyl (C=O) groups excluding carboxylic acids is 2. The molecule has 182 valence electrons. The molecule has 0 spiro atoms. The van der Waals surface area contributed by atoms with E-state index in [-0.39, 0.29) is 29.7 Å². The lowest BCUT2D eigenvalue weighted by Crippen LogP contribution is -2.26. The number of hydrogen-bond acceptors (Lipinski definition) is 5. The molecule has 0 bridgehead atoms. The lowest BCUT2D eigenvalue weighted by molar-refractivity contribution is -0.113. The maximum atomic E-state index is 13.4. The topological polar surface area (TPSA) is 93.1 Å². The maximum absolute atomic E-state index is 13.4. The van der Waals surface area contributed by atoms with Crippen molar-refractivity contribution in [3.63, 3.8) is 0 Å². The monoisotopic (exact) mass is 498 g/mol. The van der Waals surface area contributed by atoms with Gasteiger partial charge in [0.2, 0.25) is 5.91 Å². The van der Waals surface area contributed by atoms with E-state index in [9.17, 15) is 14.4 Å². The smallest absolute Gasteiger partial charge is 0.262 e. The van der Waals surface area contributed by atoms with Crippen LogP contribution in [0.5, 0.6) is 0 Å². The van der Waals surface area contributed by atoms with Crippen LogP contribution >= 0.6 is 11.8 Å². The molecule has 0 radical (unpaired) electrons. The lowest BCUT2D eigenvalue weighted by atomic mass is 10.1. The van der Waals surface area contributed by atoms with E-state index >= 15 is 0 Å². The Morgan fingerprint density at radius 1 is 1.03 bits per heavy atom. The predicted octanol–water partition coefficient (Wildman–Crippen LogP) is 4.38. The van der Waals surface area contributed by atoms with Crippen molar-refractivity contribution in [2.75, 3.05) is 11.1 Å². The van der Waals surface area contributed by atoms with Crippen molar-refractivity contribution >= 4 is 40.2 Å². The number of para-hydroxylation sites is 1. The number of fused-ring (bicyclic) bond motifs is 1. The van der Waals surface area contributed by atoms with Gasteiger partial charge in [-0.25, -0.2) is 4.98 Å². The van der Waals surface area contributed by atoms with Crippen LogP contribution in [0.2, 0.25) is 0 Å². The van der Waals surface area contributed by atoms with Gasteiger partial charge in [-0.1, -0.05) is 48.2 Å². The lowest BCUT2D eigenvalue weighted by Gasteiger charge is -2.14. The second-order valence-electron chi connectivity index (χ2n) is 8.95. The van der Waals surface area contributed by atoms with Crippen LogP contribution in [0.3, 0.4) is 0 Å². The third-order valence-electron chi connectivity index (χ3n) is 5.93. The molecule has 1 aromatic heterocycles. The molecular formula is C28H26N4O3S. The molecule has 0 saturated heterocycles. The second kappa shape index (κ2) is 10.4. The Hall–Kier alpha value is -3.91. The van der Waals surface area contributed by atoms with Crippen molar-refractivity contribution in [2.24, 2.45) is 0 Å². The first-order valence-electron chi connectivity index (χ1n) is 11.8. The highest BCUT2D eigenvalue weighted by Crippen LogP contribution is 2.21. The van der Waals surface area contributed by atoms with Crippen molar-refractivity contribution in [1.82, 2.24) is 14.9 Å². The minimum absolute atomic E-state index is 0.0792. The van der Waals surface area contributed by atoms with Gasteiger partial charge in [-0.3, -0.25) is 19.0 Å². The van der Waals surface area contributed by atoms with Crippen LogP contribution in [0.1, 0.15) is 34.3 Å². The number of thioether (sulfide) groups is 1. The van der Waals surface area contributed by atoms with Crippen LogP contribution in [0.4, 0.5) is 5.69 Å². The Kier molecular flexibility index (Phi) is 6.86. The predicted molar refractivity (Wildman–Crippen MR) is 143 cm³/mol. The summed E-state index contributed by atoms with van der Waals surface area (Å²) in [5.41, 5.74) is 3.67. The summed E-state index contributed by atoms with van der Waals surface area (Å²) in [4.78, 5) is 43.0. The quantitative estimate of drug-likeness (QED) is 0.278. The molecule has 36 heavy (non-hydrogen) atoms. The zero-order valence-corrected chi connectivity index (χ0v) is 20.7. The average molecular weight is 499 g/mol. The number of rotatable bonds is 8. The van der Waals surface area contributed by atoms with E-state index in [0.29, 0.717) is 27.7 Å². The fraction of sp³-hybridized carbons (Fsp3) is 0.214. The number of nitrogens with one attached hydrogen (secondary N) is 2. The summed E-state index contributed by atoms with van der Waals surface area (Å²) < 4.78 is 1.59. The van der Waals surface area contributed by atoms with Gasteiger partial charge in [-0.2, -0.15) is 0 Å². The Balaban J connectivity index is 1.37. The van der Waals surface area contributed by atoms with Crippen molar-refractivity contribution < 1.29 is 9.59 Å². The van der Waals surface area contributed by atoms with Gasteiger partial charge in [-0.05, 0) is 67.3 Å². The first-order valence-corrected chi connectivity index (χ1v) is 12.8. The number of benzene rings is 3. The fourth-order valence-corrected chi connectivity index (χ4v) is 4.69. The SMILES string of the molecule is Cc1cccc(NC(=O)CSc2nc3ccccc3c(=O)n2Cc2ccc(C(=O)NC3CC3)cc2)c1. The van der Waals surface area contributed by atoms with Crippen molar-refractivity contribution in [1.29, 1.82) is 0 Å². The standard InChI is InChI=1S/C28H26N4O3S/c1-18-5-4-6-22(15-18)29-25(33)17-36-28-31-24-8-3-2-7-23(24)27(35)32(28)16-19-9-11-20(12-10-19)26(34)30-21-13-14-21/h2-12,15,21H,13-14,16-17H2,1H3,(H,29,33)(H,30,34). The minimum atomic E-state index is -0.175. The molecule has 8 heteroatoms. The number of anilines is 1. The van der Waals surface area contributed by atoms with Crippen molar-refractivity contribution in [2.45, 2.75) is 37.5 Å². The molecular weight excluding hydrogens is 472 g/mol. The molecule has 1 aliphatic rings. The summed E-state index contributed by atoms with van der Waals surface area (Å²) in [6, 6.07) is 22.3. The Bertz CT molecular complexity index is 1490. The van der Waals surface area contributed by atoms with E-state index in [4.69, 9.17) is 4.98 Å². The third kappa shape index (κ3) is 5.66. The van der Waals surface area contributed by atoms with Gasteiger partial charge in [0.1, 0.15) is 0 Å².